The van der Waals surface area contributed by atoms with E-state index in [4.69, 9.17) is 0 Å². The number of benzene rings is 1. The van der Waals surface area contributed by atoms with E-state index in [1.54, 1.807) is 0 Å². The van der Waals surface area contributed by atoms with Gasteiger partial charge in [-0.15, -0.1) is 0 Å². The Morgan fingerprint density at radius 3 is 2.58 bits per heavy atom. The van der Waals surface area contributed by atoms with Gasteiger partial charge in [-0.05, 0) is 49.6 Å². The standard InChI is InChI=1S/C18H29N/c1-3-12-19-18(14-16-8-6-5-7-9-16)17-11-10-15(4-2)13-17/h5-9,15,17-19H,3-4,10-14H2,1-2H3. The highest BCUT2D eigenvalue weighted by molar-refractivity contribution is 5.16. The van der Waals surface area contributed by atoms with Gasteiger partial charge in [-0.25, -0.2) is 0 Å². The van der Waals surface area contributed by atoms with Crippen molar-refractivity contribution in [1.82, 2.24) is 5.32 Å². The van der Waals surface area contributed by atoms with Crippen LogP contribution in [0.4, 0.5) is 0 Å². The SMILES string of the molecule is CCCNC(Cc1ccccc1)C1CCC(CC)C1. The van der Waals surface area contributed by atoms with Crippen LogP contribution < -0.4 is 5.32 Å². The van der Waals surface area contributed by atoms with E-state index in [1.165, 1.54) is 44.1 Å². The highest BCUT2D eigenvalue weighted by Crippen LogP contribution is 2.35. The minimum Gasteiger partial charge on any atom is -0.313 e. The van der Waals surface area contributed by atoms with Crippen LogP contribution in [0.15, 0.2) is 30.3 Å². The first-order chi connectivity index (χ1) is 9.33. The summed E-state index contributed by atoms with van der Waals surface area (Å²) in [6.45, 7) is 5.76. The average molecular weight is 259 g/mol. The summed E-state index contributed by atoms with van der Waals surface area (Å²) in [7, 11) is 0. The second-order valence-corrected chi connectivity index (χ2v) is 6.10. The summed E-state index contributed by atoms with van der Waals surface area (Å²) in [5, 5.41) is 3.80. The topological polar surface area (TPSA) is 12.0 Å². The molecule has 1 aliphatic carbocycles. The molecule has 106 valence electrons. The molecule has 0 aliphatic heterocycles. The van der Waals surface area contributed by atoms with E-state index in [1.807, 2.05) is 0 Å². The Morgan fingerprint density at radius 1 is 1.16 bits per heavy atom. The number of nitrogens with one attached hydrogen (secondary N) is 1. The Morgan fingerprint density at radius 2 is 1.95 bits per heavy atom. The van der Waals surface area contributed by atoms with Gasteiger partial charge in [-0.1, -0.05) is 57.0 Å². The quantitative estimate of drug-likeness (QED) is 0.764. The van der Waals surface area contributed by atoms with Crippen molar-refractivity contribution in [1.29, 1.82) is 0 Å². The van der Waals surface area contributed by atoms with Crippen LogP contribution >= 0.6 is 0 Å². The first kappa shape index (κ1) is 14.6. The first-order valence-corrected chi connectivity index (χ1v) is 8.10. The summed E-state index contributed by atoms with van der Waals surface area (Å²) in [4.78, 5) is 0. The molecule has 0 bridgehead atoms. The molecule has 0 spiro atoms. The van der Waals surface area contributed by atoms with Crippen LogP contribution in [0.1, 0.15) is 51.5 Å². The van der Waals surface area contributed by atoms with E-state index in [0.29, 0.717) is 6.04 Å². The summed E-state index contributed by atoms with van der Waals surface area (Å²) in [5.41, 5.74) is 1.48. The van der Waals surface area contributed by atoms with Crippen molar-refractivity contribution in [3.05, 3.63) is 35.9 Å². The lowest BCUT2D eigenvalue weighted by Crippen LogP contribution is -2.37. The van der Waals surface area contributed by atoms with Crippen LogP contribution in [0.25, 0.3) is 0 Å². The highest BCUT2D eigenvalue weighted by Gasteiger charge is 2.29. The predicted octanol–water partition coefficient (Wildman–Crippen LogP) is 4.42. The Kier molecular flexibility index (Phi) is 5.91. The van der Waals surface area contributed by atoms with Gasteiger partial charge in [0.2, 0.25) is 0 Å². The molecule has 3 atom stereocenters. The van der Waals surface area contributed by atoms with Gasteiger partial charge in [0.1, 0.15) is 0 Å². The second-order valence-electron chi connectivity index (χ2n) is 6.10. The van der Waals surface area contributed by atoms with Gasteiger partial charge in [0.05, 0.1) is 0 Å². The molecule has 0 heterocycles. The maximum Gasteiger partial charge on any atom is 0.0136 e. The monoisotopic (exact) mass is 259 g/mol. The van der Waals surface area contributed by atoms with E-state index in [0.717, 1.165) is 18.4 Å². The van der Waals surface area contributed by atoms with E-state index >= 15 is 0 Å². The van der Waals surface area contributed by atoms with E-state index in [-0.39, 0.29) is 0 Å². The fraction of sp³-hybridized carbons (Fsp3) is 0.667. The fourth-order valence-corrected chi connectivity index (χ4v) is 3.45. The maximum absolute atomic E-state index is 3.80. The summed E-state index contributed by atoms with van der Waals surface area (Å²) in [6.07, 6.45) is 8.09. The van der Waals surface area contributed by atoms with E-state index in [2.05, 4.69) is 49.5 Å². The predicted molar refractivity (Wildman–Crippen MR) is 83.3 cm³/mol. The first-order valence-electron chi connectivity index (χ1n) is 8.10. The van der Waals surface area contributed by atoms with Gasteiger partial charge in [-0.3, -0.25) is 0 Å². The molecule has 1 aliphatic rings. The van der Waals surface area contributed by atoms with Crippen molar-refractivity contribution in [2.75, 3.05) is 6.54 Å². The molecule has 0 radical (unpaired) electrons. The Balaban J connectivity index is 1.95. The smallest absolute Gasteiger partial charge is 0.0136 e. The molecule has 1 nitrogen and oxygen atoms in total. The van der Waals surface area contributed by atoms with Crippen LogP contribution in [0.3, 0.4) is 0 Å². The van der Waals surface area contributed by atoms with Crippen molar-refractivity contribution in [2.24, 2.45) is 11.8 Å². The van der Waals surface area contributed by atoms with Gasteiger partial charge < -0.3 is 5.32 Å². The molecule has 1 aromatic carbocycles. The molecule has 0 aromatic heterocycles. The average Bonchev–Trinajstić information content (AvgIpc) is 2.93. The van der Waals surface area contributed by atoms with Crippen LogP contribution in [0.5, 0.6) is 0 Å². The van der Waals surface area contributed by atoms with E-state index < -0.39 is 0 Å². The lowest BCUT2D eigenvalue weighted by molar-refractivity contribution is 0.344. The molecule has 1 fully saturated rings. The summed E-state index contributed by atoms with van der Waals surface area (Å²) < 4.78 is 0. The van der Waals surface area contributed by atoms with Crippen LogP contribution in [-0.4, -0.2) is 12.6 Å². The van der Waals surface area contributed by atoms with Gasteiger partial charge >= 0.3 is 0 Å². The fourth-order valence-electron chi connectivity index (χ4n) is 3.45. The number of rotatable bonds is 7. The second kappa shape index (κ2) is 7.69. The molecule has 19 heavy (non-hydrogen) atoms. The molecule has 1 saturated carbocycles. The zero-order chi connectivity index (χ0) is 13.5. The van der Waals surface area contributed by atoms with Gasteiger partial charge in [0.25, 0.3) is 0 Å². The summed E-state index contributed by atoms with van der Waals surface area (Å²) >= 11 is 0. The van der Waals surface area contributed by atoms with Crippen LogP contribution in [0.2, 0.25) is 0 Å². The van der Waals surface area contributed by atoms with Crippen molar-refractivity contribution >= 4 is 0 Å². The third kappa shape index (κ3) is 4.35. The Hall–Kier alpha value is -0.820. The van der Waals surface area contributed by atoms with Gasteiger partial charge in [0.15, 0.2) is 0 Å². The lowest BCUT2D eigenvalue weighted by atomic mass is 9.91. The minimum absolute atomic E-state index is 0.680. The van der Waals surface area contributed by atoms with Crippen LogP contribution in [0, 0.1) is 11.8 Å². The van der Waals surface area contributed by atoms with Crippen molar-refractivity contribution in [3.8, 4) is 0 Å². The molecule has 1 heteroatoms. The molecule has 2 rings (SSSR count). The Bertz CT molecular complexity index is 346. The van der Waals surface area contributed by atoms with Gasteiger partial charge in [0, 0.05) is 6.04 Å². The number of hydrogen-bond donors (Lipinski definition) is 1. The van der Waals surface area contributed by atoms with Crippen molar-refractivity contribution in [3.63, 3.8) is 0 Å². The molecule has 3 unspecified atom stereocenters. The Labute approximate surface area is 118 Å². The maximum atomic E-state index is 3.80. The minimum atomic E-state index is 0.680. The normalized spacial score (nSPS) is 24.5. The molecule has 1 aromatic rings. The van der Waals surface area contributed by atoms with E-state index in [9.17, 15) is 0 Å². The molecule has 0 saturated heterocycles. The third-order valence-corrected chi connectivity index (χ3v) is 4.68. The molecule has 0 amide bonds. The molecule has 1 N–H and O–H groups in total. The van der Waals surface area contributed by atoms with Crippen molar-refractivity contribution < 1.29 is 0 Å². The molecular weight excluding hydrogens is 230 g/mol. The summed E-state index contributed by atoms with van der Waals surface area (Å²) in [5.74, 6) is 1.86. The third-order valence-electron chi connectivity index (χ3n) is 4.68. The zero-order valence-corrected chi connectivity index (χ0v) is 12.6. The largest absolute Gasteiger partial charge is 0.313 e. The van der Waals surface area contributed by atoms with Gasteiger partial charge in [-0.2, -0.15) is 0 Å². The lowest BCUT2D eigenvalue weighted by Gasteiger charge is -2.25. The number of hydrogen-bond acceptors (Lipinski definition) is 1. The molecular formula is C18H29N. The zero-order valence-electron chi connectivity index (χ0n) is 12.6. The van der Waals surface area contributed by atoms with Crippen LogP contribution in [-0.2, 0) is 6.42 Å². The summed E-state index contributed by atoms with van der Waals surface area (Å²) in [6, 6.07) is 11.7. The van der Waals surface area contributed by atoms with Crippen molar-refractivity contribution in [2.45, 2.75) is 58.4 Å². The highest BCUT2D eigenvalue weighted by atomic mass is 14.9.